The summed E-state index contributed by atoms with van der Waals surface area (Å²) >= 11 is 0. The van der Waals surface area contributed by atoms with Gasteiger partial charge in [-0.2, -0.15) is 0 Å². The fourth-order valence-electron chi connectivity index (χ4n) is 11.4. The lowest BCUT2D eigenvalue weighted by molar-refractivity contribution is 0.645. The molecule has 0 aliphatic heterocycles. The van der Waals surface area contributed by atoms with E-state index in [1.54, 1.807) is 5.56 Å². The SMILES string of the molecule is Cc1cc(-c2ccc3c(c2)c2cc4c5c(c2n3-c2ccccc2)CCc2cc3c6cc(-c7cc(C)c(C)c(C)c7)ccc6n(C6C=CC=CC6)c3c(c2-5)CC4)cc(C)c1C. The van der Waals surface area contributed by atoms with Crippen LogP contribution in [0.25, 0.3) is 82.7 Å². The lowest BCUT2D eigenvalue weighted by atomic mass is 9.74. The first-order valence-corrected chi connectivity index (χ1v) is 22.0. The molecule has 0 spiro atoms. The molecule has 12 rings (SSSR count). The van der Waals surface area contributed by atoms with Crippen molar-refractivity contribution < 1.29 is 0 Å². The van der Waals surface area contributed by atoms with Crippen LogP contribution >= 0.6 is 0 Å². The molecule has 0 bridgehead atoms. The van der Waals surface area contributed by atoms with Crippen LogP contribution in [-0.2, 0) is 25.7 Å². The maximum atomic E-state index is 2.71. The molecule has 2 nitrogen and oxygen atoms in total. The lowest BCUT2D eigenvalue weighted by Gasteiger charge is -2.32. The number of allylic oxidation sites excluding steroid dienone is 4. The van der Waals surface area contributed by atoms with Crippen molar-refractivity contribution in [2.45, 2.75) is 79.7 Å². The van der Waals surface area contributed by atoms with Crippen molar-refractivity contribution in [1.29, 1.82) is 0 Å². The van der Waals surface area contributed by atoms with Crippen LogP contribution in [0, 0.1) is 41.5 Å². The molecule has 9 aromatic rings. The molecule has 2 heteroatoms. The maximum Gasteiger partial charge on any atom is 0.0579 e. The van der Waals surface area contributed by atoms with E-state index >= 15 is 0 Å². The minimum absolute atomic E-state index is 0.280. The predicted molar refractivity (Wildman–Crippen MR) is 255 cm³/mol. The minimum Gasteiger partial charge on any atom is -0.333 e. The van der Waals surface area contributed by atoms with E-state index in [0.29, 0.717) is 0 Å². The highest BCUT2D eigenvalue weighted by molar-refractivity contribution is 6.16. The number of aromatic nitrogens is 2. The number of fused-ring (bicyclic) bond motifs is 8. The van der Waals surface area contributed by atoms with Crippen molar-refractivity contribution in [1.82, 2.24) is 9.13 Å². The normalized spacial score (nSPS) is 15.5. The Kier molecular flexibility index (Phi) is 7.74. The lowest BCUT2D eigenvalue weighted by Crippen LogP contribution is -2.17. The van der Waals surface area contributed by atoms with Crippen LogP contribution in [-0.4, -0.2) is 9.13 Å². The van der Waals surface area contributed by atoms with Crippen molar-refractivity contribution in [3.8, 4) is 39.1 Å². The van der Waals surface area contributed by atoms with Crippen LogP contribution < -0.4 is 0 Å². The second-order valence-corrected chi connectivity index (χ2v) is 18.2. The Morgan fingerprint density at radius 2 is 1.00 bits per heavy atom. The van der Waals surface area contributed by atoms with Gasteiger partial charge in [-0.25, -0.2) is 0 Å². The average molecular weight is 775 g/mol. The van der Waals surface area contributed by atoms with Gasteiger partial charge in [-0.05, 0) is 211 Å². The van der Waals surface area contributed by atoms with E-state index in [9.17, 15) is 0 Å². The summed E-state index contributed by atoms with van der Waals surface area (Å²) in [6.45, 7) is 13.5. The molecule has 0 saturated heterocycles. The van der Waals surface area contributed by atoms with Gasteiger partial charge in [0, 0.05) is 32.7 Å². The van der Waals surface area contributed by atoms with Crippen molar-refractivity contribution in [3.63, 3.8) is 0 Å². The highest BCUT2D eigenvalue weighted by atomic mass is 15.0. The van der Waals surface area contributed by atoms with E-state index in [0.717, 1.165) is 32.1 Å². The largest absolute Gasteiger partial charge is 0.333 e. The summed E-state index contributed by atoms with van der Waals surface area (Å²) in [6.07, 6.45) is 14.4. The van der Waals surface area contributed by atoms with E-state index in [4.69, 9.17) is 0 Å². The van der Waals surface area contributed by atoms with Gasteiger partial charge in [0.1, 0.15) is 0 Å². The average Bonchev–Trinajstić information content (AvgIpc) is 3.78. The Morgan fingerprint density at radius 3 is 1.57 bits per heavy atom. The molecule has 3 aliphatic rings. The van der Waals surface area contributed by atoms with Crippen LogP contribution in [0.15, 0.2) is 127 Å². The number of aryl methyl sites for hydroxylation is 8. The van der Waals surface area contributed by atoms with Crippen molar-refractivity contribution in [3.05, 3.63) is 183 Å². The van der Waals surface area contributed by atoms with E-state index in [-0.39, 0.29) is 6.04 Å². The van der Waals surface area contributed by atoms with Crippen molar-refractivity contribution in [2.75, 3.05) is 0 Å². The first-order chi connectivity index (χ1) is 29.2. The van der Waals surface area contributed by atoms with E-state index in [1.165, 1.54) is 133 Å². The molecule has 0 radical (unpaired) electrons. The summed E-state index contributed by atoms with van der Waals surface area (Å²) < 4.78 is 5.30. The molecule has 1 atom stereocenters. The molecule has 3 aliphatic carbocycles. The summed E-state index contributed by atoms with van der Waals surface area (Å²) in [5, 5.41) is 5.54. The zero-order valence-electron chi connectivity index (χ0n) is 35.6. The van der Waals surface area contributed by atoms with Gasteiger partial charge in [-0.15, -0.1) is 0 Å². The molecule has 1 unspecified atom stereocenters. The summed E-state index contributed by atoms with van der Waals surface area (Å²) in [6, 6.07) is 40.6. The molecule has 2 heterocycles. The Morgan fingerprint density at radius 1 is 0.467 bits per heavy atom. The van der Waals surface area contributed by atoms with Crippen LogP contribution in [0.4, 0.5) is 0 Å². The summed E-state index contributed by atoms with van der Waals surface area (Å²) in [4.78, 5) is 0. The number of nitrogens with zero attached hydrogens (tertiary/aromatic N) is 2. The first kappa shape index (κ1) is 35.6. The van der Waals surface area contributed by atoms with Gasteiger partial charge < -0.3 is 9.13 Å². The second kappa shape index (κ2) is 13.1. The fraction of sp³-hybridized carbons (Fsp3) is 0.207. The summed E-state index contributed by atoms with van der Waals surface area (Å²) in [5.41, 5.74) is 29.2. The molecule has 0 saturated carbocycles. The number of hydrogen-bond donors (Lipinski definition) is 0. The van der Waals surface area contributed by atoms with Crippen LogP contribution in [0.2, 0.25) is 0 Å². The van der Waals surface area contributed by atoms with Gasteiger partial charge in [-0.3, -0.25) is 0 Å². The Balaban J connectivity index is 1.13. The third-order valence-electron chi connectivity index (χ3n) is 14.9. The summed E-state index contributed by atoms with van der Waals surface area (Å²) in [5.74, 6) is 0. The van der Waals surface area contributed by atoms with Crippen LogP contribution in [0.1, 0.15) is 68.1 Å². The molecule has 0 amide bonds. The Bertz CT molecular complexity index is 3350. The number of para-hydroxylation sites is 1. The molecular weight excluding hydrogens is 725 g/mol. The van der Waals surface area contributed by atoms with E-state index in [1.807, 2.05) is 0 Å². The van der Waals surface area contributed by atoms with E-state index < -0.39 is 0 Å². The van der Waals surface area contributed by atoms with Gasteiger partial charge in [0.25, 0.3) is 0 Å². The fourth-order valence-corrected chi connectivity index (χ4v) is 11.4. The van der Waals surface area contributed by atoms with Crippen molar-refractivity contribution >= 4 is 43.6 Å². The predicted octanol–water partition coefficient (Wildman–Crippen LogP) is 15.0. The van der Waals surface area contributed by atoms with Gasteiger partial charge in [0.05, 0.1) is 22.6 Å². The van der Waals surface area contributed by atoms with Crippen LogP contribution in [0.5, 0.6) is 0 Å². The van der Waals surface area contributed by atoms with Crippen molar-refractivity contribution in [2.24, 2.45) is 0 Å². The Labute approximate surface area is 353 Å². The monoisotopic (exact) mass is 774 g/mol. The molecular formula is C58H50N2. The van der Waals surface area contributed by atoms with Gasteiger partial charge in [0.2, 0.25) is 0 Å². The van der Waals surface area contributed by atoms with Crippen LogP contribution in [0.3, 0.4) is 0 Å². The topological polar surface area (TPSA) is 9.86 Å². The van der Waals surface area contributed by atoms with E-state index in [2.05, 4.69) is 178 Å². The maximum absolute atomic E-state index is 2.71. The minimum atomic E-state index is 0.280. The number of benzene rings is 7. The molecule has 0 fully saturated rings. The molecule has 60 heavy (non-hydrogen) atoms. The zero-order chi connectivity index (χ0) is 40.6. The third kappa shape index (κ3) is 5.06. The quantitative estimate of drug-likeness (QED) is 0.169. The smallest absolute Gasteiger partial charge is 0.0579 e. The highest BCUT2D eigenvalue weighted by Gasteiger charge is 2.33. The molecule has 292 valence electrons. The highest BCUT2D eigenvalue weighted by Crippen LogP contribution is 2.52. The second-order valence-electron chi connectivity index (χ2n) is 18.2. The number of rotatable bonds is 4. The summed E-state index contributed by atoms with van der Waals surface area (Å²) in [7, 11) is 0. The van der Waals surface area contributed by atoms with Gasteiger partial charge in [0.15, 0.2) is 0 Å². The third-order valence-corrected chi connectivity index (χ3v) is 14.9. The molecule has 7 aromatic carbocycles. The zero-order valence-corrected chi connectivity index (χ0v) is 35.6. The van der Waals surface area contributed by atoms with Gasteiger partial charge >= 0.3 is 0 Å². The van der Waals surface area contributed by atoms with Gasteiger partial charge in [-0.1, -0.05) is 78.9 Å². The first-order valence-electron chi connectivity index (χ1n) is 22.0. The Hall–Kier alpha value is -6.38. The number of hydrogen-bond acceptors (Lipinski definition) is 0. The standard InChI is InChI=1S/C58H50N2/c1-33-25-43(26-34(2)37(33)5)39-19-23-53-49(29-39)51-31-41-17-22-48-56-42(18-21-47(55(41)56)57(51)59(53)45-13-9-7-10-14-45)32-52-50-30-40(44-27-35(3)38(6)36(4)28-44)20-24-54(50)60(58(48)52)46-15-11-8-12-16-46/h7-15,19-20,23-32,46H,16-18,21-22H2,1-6H3. The molecule has 0 N–H and O–H groups in total. The molecule has 2 aromatic heterocycles.